The zero-order valence-electron chi connectivity index (χ0n) is 17.3. The second kappa shape index (κ2) is 9.90. The maximum atomic E-state index is 12.4. The Balaban J connectivity index is 1.52. The number of amides is 2. The molecule has 1 fully saturated rings. The van der Waals surface area contributed by atoms with E-state index in [0.717, 1.165) is 24.3 Å². The number of pyridine rings is 1. The van der Waals surface area contributed by atoms with Crippen molar-refractivity contribution in [2.45, 2.75) is 44.6 Å². The summed E-state index contributed by atoms with van der Waals surface area (Å²) in [6.45, 7) is 5.38. The number of carbonyl (C=O) groups excluding carboxylic acids is 1. The van der Waals surface area contributed by atoms with Gasteiger partial charge in [0.05, 0.1) is 5.75 Å². The molecule has 0 spiro atoms. The van der Waals surface area contributed by atoms with Gasteiger partial charge in [0.2, 0.25) is 10.0 Å². The van der Waals surface area contributed by atoms with Gasteiger partial charge in [-0.1, -0.05) is 30.3 Å². The highest BCUT2D eigenvalue weighted by atomic mass is 32.2. The van der Waals surface area contributed by atoms with E-state index in [0.29, 0.717) is 12.1 Å². The first-order valence-corrected chi connectivity index (χ1v) is 11.7. The van der Waals surface area contributed by atoms with E-state index >= 15 is 0 Å². The van der Waals surface area contributed by atoms with E-state index < -0.39 is 10.0 Å². The summed E-state index contributed by atoms with van der Waals surface area (Å²) in [6.07, 6.45) is 2.61. The average Bonchev–Trinajstić information content (AvgIpc) is 3.15. The number of hydrogen-bond acceptors (Lipinski definition) is 5. The molecule has 2 amide bonds. The number of sulfonamides is 1. The number of anilines is 1. The average molecular weight is 432 g/mol. The molecule has 3 N–H and O–H groups in total. The minimum Gasteiger partial charge on any atom is -0.354 e. The van der Waals surface area contributed by atoms with Crippen LogP contribution in [0, 0.1) is 0 Å². The fraction of sp³-hybridized carbons (Fsp3) is 0.429. The maximum absolute atomic E-state index is 12.4. The zero-order chi connectivity index (χ0) is 21.6. The first-order valence-electron chi connectivity index (χ1n) is 10.1. The summed E-state index contributed by atoms with van der Waals surface area (Å²) in [7, 11) is -3.44. The van der Waals surface area contributed by atoms with Gasteiger partial charge in [-0.2, -0.15) is 0 Å². The third kappa shape index (κ3) is 6.43. The summed E-state index contributed by atoms with van der Waals surface area (Å²) in [5, 5.41) is 5.84. The molecule has 1 unspecified atom stereocenters. The van der Waals surface area contributed by atoms with Crippen molar-refractivity contribution in [3.63, 3.8) is 0 Å². The highest BCUT2D eigenvalue weighted by Gasteiger charge is 2.24. The van der Waals surface area contributed by atoms with E-state index in [2.05, 4.69) is 25.2 Å². The molecule has 1 aliphatic rings. The van der Waals surface area contributed by atoms with Crippen molar-refractivity contribution in [1.29, 1.82) is 0 Å². The van der Waals surface area contributed by atoms with Crippen molar-refractivity contribution in [2.24, 2.45) is 0 Å². The SMILES string of the molecule is CC(C)NS(=O)(=O)Cc1ccccc1CNC(=O)NC1CCN(c2ccccn2)C1. The van der Waals surface area contributed by atoms with Gasteiger partial charge in [0.15, 0.2) is 0 Å². The Labute approximate surface area is 178 Å². The molecule has 8 nitrogen and oxygen atoms in total. The van der Waals surface area contributed by atoms with Crippen LogP contribution in [0.3, 0.4) is 0 Å². The van der Waals surface area contributed by atoms with Crippen LogP contribution in [0.5, 0.6) is 0 Å². The quantitative estimate of drug-likeness (QED) is 0.593. The molecule has 30 heavy (non-hydrogen) atoms. The summed E-state index contributed by atoms with van der Waals surface area (Å²) in [5.74, 6) is 0.791. The van der Waals surface area contributed by atoms with Crippen LogP contribution in [0.25, 0.3) is 0 Å². The summed E-state index contributed by atoms with van der Waals surface area (Å²) < 4.78 is 27.1. The Morgan fingerprint density at radius 1 is 1.17 bits per heavy atom. The summed E-state index contributed by atoms with van der Waals surface area (Å²) in [5.41, 5.74) is 1.46. The Morgan fingerprint density at radius 3 is 2.60 bits per heavy atom. The third-order valence-corrected chi connectivity index (χ3v) is 6.34. The zero-order valence-corrected chi connectivity index (χ0v) is 18.2. The number of carbonyl (C=O) groups is 1. The molecule has 0 saturated carbocycles. The molecule has 1 aliphatic heterocycles. The van der Waals surface area contributed by atoms with Gasteiger partial charge in [0, 0.05) is 37.9 Å². The van der Waals surface area contributed by atoms with Crippen LogP contribution in [0.15, 0.2) is 48.7 Å². The second-order valence-corrected chi connectivity index (χ2v) is 9.50. The standard InChI is InChI=1S/C21H29N5O3S/c1-16(2)25-30(28,29)15-18-8-4-3-7-17(18)13-23-21(27)24-19-10-12-26(14-19)20-9-5-6-11-22-20/h3-9,11,16,19,25H,10,12-15H2,1-2H3,(H2,23,24,27). The van der Waals surface area contributed by atoms with Crippen molar-refractivity contribution in [2.75, 3.05) is 18.0 Å². The molecule has 0 bridgehead atoms. The fourth-order valence-electron chi connectivity index (χ4n) is 3.52. The van der Waals surface area contributed by atoms with Crippen LogP contribution in [0.4, 0.5) is 10.6 Å². The summed E-state index contributed by atoms with van der Waals surface area (Å²) >= 11 is 0. The van der Waals surface area contributed by atoms with E-state index in [1.165, 1.54) is 0 Å². The lowest BCUT2D eigenvalue weighted by molar-refractivity contribution is 0.237. The molecular formula is C21H29N5O3S. The van der Waals surface area contributed by atoms with Gasteiger partial charge in [0.25, 0.3) is 0 Å². The molecule has 2 aromatic rings. The molecule has 2 heterocycles. The lowest BCUT2D eigenvalue weighted by Gasteiger charge is -2.18. The van der Waals surface area contributed by atoms with Gasteiger partial charge >= 0.3 is 6.03 Å². The van der Waals surface area contributed by atoms with Crippen LogP contribution in [0.2, 0.25) is 0 Å². The number of nitrogens with zero attached hydrogens (tertiary/aromatic N) is 2. The van der Waals surface area contributed by atoms with E-state index in [1.807, 2.05) is 30.3 Å². The van der Waals surface area contributed by atoms with Gasteiger partial charge in [-0.3, -0.25) is 0 Å². The number of hydrogen-bond donors (Lipinski definition) is 3. The molecule has 9 heteroatoms. The topological polar surface area (TPSA) is 103 Å². The minimum absolute atomic E-state index is 0.0397. The molecule has 162 valence electrons. The lowest BCUT2D eigenvalue weighted by Crippen LogP contribution is -2.43. The van der Waals surface area contributed by atoms with Crippen LogP contribution >= 0.6 is 0 Å². The lowest BCUT2D eigenvalue weighted by atomic mass is 10.1. The van der Waals surface area contributed by atoms with E-state index in [-0.39, 0.29) is 30.4 Å². The molecule has 0 aliphatic carbocycles. The first-order chi connectivity index (χ1) is 14.3. The fourth-order valence-corrected chi connectivity index (χ4v) is 5.01. The van der Waals surface area contributed by atoms with Crippen molar-refractivity contribution in [1.82, 2.24) is 20.3 Å². The molecule has 0 radical (unpaired) electrons. The normalized spacial score (nSPS) is 16.6. The largest absolute Gasteiger partial charge is 0.354 e. The summed E-state index contributed by atoms with van der Waals surface area (Å²) in [4.78, 5) is 18.9. The smallest absolute Gasteiger partial charge is 0.315 e. The predicted octanol–water partition coefficient (Wildman–Crippen LogP) is 1.99. The second-order valence-electron chi connectivity index (χ2n) is 7.75. The molecule has 1 atom stereocenters. The van der Waals surface area contributed by atoms with Gasteiger partial charge < -0.3 is 15.5 Å². The Kier molecular flexibility index (Phi) is 7.28. The van der Waals surface area contributed by atoms with Crippen LogP contribution in [0.1, 0.15) is 31.4 Å². The van der Waals surface area contributed by atoms with E-state index in [4.69, 9.17) is 0 Å². The Hall–Kier alpha value is -2.65. The predicted molar refractivity (Wildman–Crippen MR) is 118 cm³/mol. The number of rotatable bonds is 8. The van der Waals surface area contributed by atoms with Crippen LogP contribution in [-0.2, 0) is 22.3 Å². The van der Waals surface area contributed by atoms with Crippen molar-refractivity contribution in [3.8, 4) is 0 Å². The first kappa shape index (κ1) is 22.0. The monoisotopic (exact) mass is 431 g/mol. The maximum Gasteiger partial charge on any atom is 0.315 e. The Morgan fingerprint density at radius 2 is 1.90 bits per heavy atom. The van der Waals surface area contributed by atoms with Gasteiger partial charge in [-0.15, -0.1) is 0 Å². The van der Waals surface area contributed by atoms with E-state index in [9.17, 15) is 13.2 Å². The molecule has 3 rings (SSSR count). The molecule has 1 aromatic heterocycles. The van der Waals surface area contributed by atoms with Crippen LogP contribution < -0.4 is 20.3 Å². The van der Waals surface area contributed by atoms with Crippen molar-refractivity contribution in [3.05, 3.63) is 59.8 Å². The summed E-state index contributed by atoms with van der Waals surface area (Å²) in [6, 6.07) is 12.6. The highest BCUT2D eigenvalue weighted by molar-refractivity contribution is 7.88. The minimum atomic E-state index is -3.44. The molecule has 1 saturated heterocycles. The number of benzene rings is 1. The van der Waals surface area contributed by atoms with Gasteiger partial charge in [-0.25, -0.2) is 22.9 Å². The van der Waals surface area contributed by atoms with E-state index in [1.54, 1.807) is 32.2 Å². The van der Waals surface area contributed by atoms with Crippen LogP contribution in [-0.4, -0.2) is 44.6 Å². The molecule has 1 aromatic carbocycles. The number of nitrogens with one attached hydrogen (secondary N) is 3. The molecular weight excluding hydrogens is 402 g/mol. The van der Waals surface area contributed by atoms with Crippen molar-refractivity contribution < 1.29 is 13.2 Å². The number of urea groups is 1. The highest BCUT2D eigenvalue weighted by Crippen LogP contribution is 2.17. The Bertz CT molecular complexity index is 950. The van der Waals surface area contributed by atoms with Crippen molar-refractivity contribution >= 4 is 21.9 Å². The number of aromatic nitrogens is 1. The van der Waals surface area contributed by atoms with Gasteiger partial charge in [0.1, 0.15) is 5.82 Å². The van der Waals surface area contributed by atoms with Gasteiger partial charge in [-0.05, 0) is 43.5 Å². The third-order valence-electron chi connectivity index (χ3n) is 4.82.